The van der Waals surface area contributed by atoms with E-state index >= 15 is 0 Å². The van der Waals surface area contributed by atoms with Gasteiger partial charge in [-0.05, 0) is 56.0 Å². The van der Waals surface area contributed by atoms with Gasteiger partial charge in [0.15, 0.2) is 0 Å². The van der Waals surface area contributed by atoms with Crippen molar-refractivity contribution in [2.45, 2.75) is 31.8 Å². The molecule has 7 heteroatoms. The number of aliphatic imine (C=N–C) groups is 1. The van der Waals surface area contributed by atoms with Crippen LogP contribution in [0.1, 0.15) is 31.2 Å². The van der Waals surface area contributed by atoms with Crippen LogP contribution in [0.25, 0.3) is 0 Å². The normalized spacial score (nSPS) is 25.1. The second-order valence-electron chi connectivity index (χ2n) is 8.35. The van der Waals surface area contributed by atoms with Crippen molar-refractivity contribution in [1.82, 2.24) is 10.3 Å². The van der Waals surface area contributed by atoms with Gasteiger partial charge in [-0.1, -0.05) is 17.7 Å². The van der Waals surface area contributed by atoms with Gasteiger partial charge in [0.25, 0.3) is 0 Å². The molecule has 0 radical (unpaired) electrons. The Kier molecular flexibility index (Phi) is 5.29. The maximum Gasteiger partial charge on any atom is 0.121 e. The van der Waals surface area contributed by atoms with Crippen LogP contribution in [0.5, 0.6) is 5.75 Å². The molecule has 0 unspecified atom stereocenters. The van der Waals surface area contributed by atoms with Crippen LogP contribution >= 0.6 is 11.6 Å². The summed E-state index contributed by atoms with van der Waals surface area (Å²) in [6.07, 6.45) is 8.04. The number of hydrogen-bond donors (Lipinski definition) is 1. The van der Waals surface area contributed by atoms with Crippen molar-refractivity contribution in [3.63, 3.8) is 0 Å². The number of ether oxygens (including phenoxy) is 1. The summed E-state index contributed by atoms with van der Waals surface area (Å²) in [6, 6.07) is 9.55. The lowest BCUT2D eigenvalue weighted by atomic mass is 9.81. The van der Waals surface area contributed by atoms with Gasteiger partial charge < -0.3 is 15.1 Å². The van der Waals surface area contributed by atoms with Gasteiger partial charge in [0.05, 0.1) is 47.1 Å². The molecule has 3 aliphatic heterocycles. The molecule has 31 heavy (non-hydrogen) atoms. The number of halogens is 1. The Bertz CT molecular complexity index is 1100. The number of likely N-dealkylation sites (N-methyl/N-ethyl adjacent to an activating group) is 1. The molecule has 1 aromatic rings. The molecule has 0 amide bonds. The predicted molar refractivity (Wildman–Crippen MR) is 122 cm³/mol. The number of nitriles is 1. The Hall–Kier alpha value is -3.04. The molecule has 1 saturated carbocycles. The molecule has 1 aromatic carbocycles. The van der Waals surface area contributed by atoms with E-state index < -0.39 is 0 Å². The first kappa shape index (κ1) is 19.9. The molecule has 6 nitrogen and oxygen atoms in total. The molecule has 3 heterocycles. The van der Waals surface area contributed by atoms with Crippen LogP contribution in [-0.4, -0.2) is 42.6 Å². The van der Waals surface area contributed by atoms with Gasteiger partial charge >= 0.3 is 0 Å². The Morgan fingerprint density at radius 2 is 2.10 bits per heavy atom. The fraction of sp³-hybridized carbons (Fsp3) is 0.375. The monoisotopic (exact) mass is 433 g/mol. The van der Waals surface area contributed by atoms with Gasteiger partial charge in [-0.15, -0.1) is 0 Å². The van der Waals surface area contributed by atoms with Crippen molar-refractivity contribution in [1.29, 1.82) is 5.26 Å². The molecular weight excluding hydrogens is 410 g/mol. The fourth-order valence-corrected chi connectivity index (χ4v) is 4.92. The third-order valence-electron chi connectivity index (χ3n) is 6.29. The zero-order valence-corrected chi connectivity index (χ0v) is 18.2. The smallest absolute Gasteiger partial charge is 0.121 e. The third-order valence-corrected chi connectivity index (χ3v) is 6.55. The highest BCUT2D eigenvalue weighted by Gasteiger charge is 2.36. The molecule has 0 atom stereocenters. The molecule has 0 spiro atoms. The van der Waals surface area contributed by atoms with Crippen molar-refractivity contribution in [2.75, 3.05) is 20.1 Å². The minimum Gasteiger partial charge on any atom is -0.490 e. The maximum absolute atomic E-state index is 9.09. The van der Waals surface area contributed by atoms with Crippen LogP contribution in [0.15, 0.2) is 68.5 Å². The SMILES string of the molecule is CN1CC=C(Cl)C=C2N=C3C(=C21)CNN=C3[C@H]1CC[C@H](Oc2cccc(C#N)c2)CC1. The van der Waals surface area contributed by atoms with Crippen LogP contribution in [0.3, 0.4) is 0 Å². The van der Waals surface area contributed by atoms with E-state index in [-0.39, 0.29) is 6.10 Å². The predicted octanol–water partition coefficient (Wildman–Crippen LogP) is 4.12. The molecule has 1 fully saturated rings. The van der Waals surface area contributed by atoms with Crippen molar-refractivity contribution >= 4 is 23.0 Å². The second-order valence-corrected chi connectivity index (χ2v) is 8.79. The molecular formula is C24H24ClN5O. The fourth-order valence-electron chi connectivity index (χ4n) is 4.75. The Balaban J connectivity index is 1.31. The summed E-state index contributed by atoms with van der Waals surface area (Å²) in [5.41, 5.74) is 9.23. The molecule has 158 valence electrons. The molecule has 5 rings (SSSR count). The van der Waals surface area contributed by atoms with Gasteiger partial charge in [-0.3, -0.25) is 0 Å². The van der Waals surface area contributed by atoms with Crippen LogP contribution in [0, 0.1) is 17.2 Å². The minimum absolute atomic E-state index is 0.162. The zero-order valence-electron chi connectivity index (χ0n) is 17.4. The summed E-state index contributed by atoms with van der Waals surface area (Å²) in [5.74, 6) is 1.12. The summed E-state index contributed by atoms with van der Waals surface area (Å²) in [5, 5.41) is 14.5. The summed E-state index contributed by atoms with van der Waals surface area (Å²) < 4.78 is 6.15. The van der Waals surface area contributed by atoms with E-state index in [1.165, 1.54) is 5.57 Å². The first-order chi connectivity index (χ1) is 15.1. The van der Waals surface area contributed by atoms with E-state index in [4.69, 9.17) is 26.6 Å². The van der Waals surface area contributed by atoms with E-state index in [0.29, 0.717) is 18.0 Å². The largest absolute Gasteiger partial charge is 0.490 e. The molecule has 0 aromatic heterocycles. The lowest BCUT2D eigenvalue weighted by molar-refractivity contribution is 0.145. The standard InChI is InChI=1S/C24H24ClN5O/c1-30-10-9-17(25)12-21-24(30)20-14-27-29-22(23(20)28-21)16-5-7-18(8-6-16)31-19-4-2-3-15(11-19)13-26/h2-4,9,11-12,16,18,27H,5-8,10,14H2,1H3/t16-,18-. The van der Waals surface area contributed by atoms with Gasteiger partial charge in [0, 0.05) is 30.1 Å². The van der Waals surface area contributed by atoms with E-state index in [1.54, 1.807) is 12.1 Å². The van der Waals surface area contributed by atoms with Crippen LogP contribution < -0.4 is 10.2 Å². The Morgan fingerprint density at radius 3 is 2.90 bits per heavy atom. The summed E-state index contributed by atoms with van der Waals surface area (Å²) in [6.45, 7) is 1.45. The van der Waals surface area contributed by atoms with Gasteiger partial charge in [-0.25, -0.2) is 4.99 Å². The van der Waals surface area contributed by atoms with Crippen LogP contribution in [-0.2, 0) is 0 Å². The summed E-state index contributed by atoms with van der Waals surface area (Å²) >= 11 is 6.33. The summed E-state index contributed by atoms with van der Waals surface area (Å²) in [7, 11) is 2.08. The van der Waals surface area contributed by atoms with Gasteiger partial charge in [0.2, 0.25) is 0 Å². The van der Waals surface area contributed by atoms with Gasteiger partial charge in [0.1, 0.15) is 5.75 Å². The molecule has 0 saturated heterocycles. The number of allylic oxidation sites excluding steroid dienone is 2. The Labute approximate surface area is 187 Å². The third kappa shape index (κ3) is 3.86. The van der Waals surface area contributed by atoms with Crippen molar-refractivity contribution < 1.29 is 4.74 Å². The van der Waals surface area contributed by atoms with Crippen LogP contribution in [0.4, 0.5) is 0 Å². The average molecular weight is 434 g/mol. The Morgan fingerprint density at radius 1 is 1.26 bits per heavy atom. The highest BCUT2D eigenvalue weighted by molar-refractivity contribution is 6.50. The second kappa shape index (κ2) is 8.24. The highest BCUT2D eigenvalue weighted by atomic mass is 35.5. The number of nitrogens with zero attached hydrogens (tertiary/aromatic N) is 4. The first-order valence-corrected chi connectivity index (χ1v) is 11.1. The van der Waals surface area contributed by atoms with Crippen molar-refractivity contribution in [3.8, 4) is 11.8 Å². The quantitative estimate of drug-likeness (QED) is 0.778. The van der Waals surface area contributed by atoms with Crippen molar-refractivity contribution in [2.24, 2.45) is 16.0 Å². The number of hydrogen-bond acceptors (Lipinski definition) is 6. The molecule has 1 aliphatic carbocycles. The highest BCUT2D eigenvalue weighted by Crippen LogP contribution is 2.36. The number of hydrazone groups is 1. The van der Waals surface area contributed by atoms with Gasteiger partial charge in [-0.2, -0.15) is 10.4 Å². The van der Waals surface area contributed by atoms with E-state index in [2.05, 4.69) is 28.5 Å². The number of benzene rings is 1. The number of nitrogens with one attached hydrogen (secondary N) is 1. The van der Waals surface area contributed by atoms with E-state index in [9.17, 15) is 0 Å². The minimum atomic E-state index is 0.162. The number of rotatable bonds is 3. The molecule has 1 N–H and O–H groups in total. The first-order valence-electron chi connectivity index (χ1n) is 10.7. The van der Waals surface area contributed by atoms with E-state index in [0.717, 1.165) is 65.8 Å². The topological polar surface area (TPSA) is 73.0 Å². The lowest BCUT2D eigenvalue weighted by Gasteiger charge is -2.31. The number of fused-ring (bicyclic) bond motifs is 2. The zero-order chi connectivity index (χ0) is 21.4. The van der Waals surface area contributed by atoms with E-state index in [1.807, 2.05) is 24.3 Å². The average Bonchev–Trinajstić information content (AvgIpc) is 3.09. The molecule has 4 aliphatic rings. The van der Waals surface area contributed by atoms with Crippen LogP contribution in [0.2, 0.25) is 0 Å². The molecule has 0 bridgehead atoms. The summed E-state index contributed by atoms with van der Waals surface area (Å²) in [4.78, 5) is 7.17. The lowest BCUT2D eigenvalue weighted by Crippen LogP contribution is -2.38. The maximum atomic E-state index is 9.09. The van der Waals surface area contributed by atoms with Crippen molar-refractivity contribution in [3.05, 3.63) is 64.0 Å².